The van der Waals surface area contributed by atoms with Crippen LogP contribution in [0.2, 0.25) is 0 Å². The van der Waals surface area contributed by atoms with Crippen LogP contribution in [0.25, 0.3) is 0 Å². The maximum atomic E-state index is 13.7. The van der Waals surface area contributed by atoms with E-state index in [4.69, 9.17) is 18.9 Å². The van der Waals surface area contributed by atoms with Crippen molar-refractivity contribution in [1.29, 1.82) is 0 Å². The second-order valence-corrected chi connectivity index (χ2v) is 8.28. The third kappa shape index (κ3) is 4.47. The summed E-state index contributed by atoms with van der Waals surface area (Å²) in [5.74, 6) is -2.39. The van der Waals surface area contributed by atoms with E-state index >= 15 is 0 Å². The Kier molecular flexibility index (Phi) is 7.46. The second-order valence-electron chi connectivity index (χ2n) is 8.28. The van der Waals surface area contributed by atoms with Crippen LogP contribution in [0.15, 0.2) is 40.7 Å². The van der Waals surface area contributed by atoms with E-state index in [0.29, 0.717) is 52.4 Å². The van der Waals surface area contributed by atoms with Crippen LogP contribution in [0.1, 0.15) is 45.1 Å². The van der Waals surface area contributed by atoms with Crippen LogP contribution in [0, 0.1) is 11.8 Å². The number of ketones is 1. The van der Waals surface area contributed by atoms with Gasteiger partial charge in [-0.25, -0.2) is 4.79 Å². The zero-order chi connectivity index (χ0) is 24.3. The van der Waals surface area contributed by atoms with Gasteiger partial charge in [0.15, 0.2) is 5.78 Å². The number of Topliss-reactive ketones (excluding diaryl/α,β-unsaturated/α-hetero) is 1. The Morgan fingerprint density at radius 3 is 2.48 bits per heavy atom. The lowest BCUT2D eigenvalue weighted by molar-refractivity contribution is -0.151. The summed E-state index contributed by atoms with van der Waals surface area (Å²) in [5, 5.41) is 3.24. The minimum absolute atomic E-state index is 0.254. The van der Waals surface area contributed by atoms with E-state index in [1.165, 1.54) is 14.2 Å². The van der Waals surface area contributed by atoms with Crippen molar-refractivity contribution < 1.29 is 33.3 Å². The number of carbonyl (C=O) groups is 3. The maximum Gasteiger partial charge on any atom is 0.336 e. The van der Waals surface area contributed by atoms with Gasteiger partial charge in [0.05, 0.1) is 39.4 Å². The van der Waals surface area contributed by atoms with Gasteiger partial charge in [-0.15, -0.1) is 0 Å². The molecule has 8 nitrogen and oxygen atoms in total. The van der Waals surface area contributed by atoms with Crippen LogP contribution in [-0.2, 0) is 23.9 Å². The Balaban J connectivity index is 2.23. The van der Waals surface area contributed by atoms with E-state index < -0.39 is 23.8 Å². The molecule has 2 aliphatic rings. The first-order valence-corrected chi connectivity index (χ1v) is 11.0. The van der Waals surface area contributed by atoms with Crippen LogP contribution < -0.4 is 14.8 Å². The van der Waals surface area contributed by atoms with Crippen molar-refractivity contribution >= 4 is 17.7 Å². The first-order valence-electron chi connectivity index (χ1n) is 11.0. The van der Waals surface area contributed by atoms with Gasteiger partial charge < -0.3 is 24.3 Å². The number of benzene rings is 1. The van der Waals surface area contributed by atoms with Crippen molar-refractivity contribution in [3.63, 3.8) is 0 Å². The van der Waals surface area contributed by atoms with Gasteiger partial charge in [-0.05, 0) is 31.7 Å². The lowest BCUT2D eigenvalue weighted by Crippen LogP contribution is -2.43. The summed E-state index contributed by atoms with van der Waals surface area (Å²) in [5.41, 5.74) is 2.59. The number of hydrogen-bond donors (Lipinski definition) is 1. The molecule has 1 N–H and O–H groups in total. The van der Waals surface area contributed by atoms with Gasteiger partial charge in [-0.3, -0.25) is 9.59 Å². The SMILES string of the molecule is CCCOC(=O)C1=C(C)NC2=C(C(=O)[C@H](C(=O)OC)[C@@H](C)C2)[C@H]1c1ccc(OC)cc1OC. The van der Waals surface area contributed by atoms with Crippen molar-refractivity contribution in [2.24, 2.45) is 11.8 Å². The highest BCUT2D eigenvalue weighted by Gasteiger charge is 2.47. The number of allylic oxidation sites excluding steroid dienone is 3. The van der Waals surface area contributed by atoms with Crippen molar-refractivity contribution in [2.75, 3.05) is 27.9 Å². The number of rotatable bonds is 7. The van der Waals surface area contributed by atoms with Crippen LogP contribution in [-0.4, -0.2) is 45.7 Å². The van der Waals surface area contributed by atoms with Gasteiger partial charge in [-0.2, -0.15) is 0 Å². The van der Waals surface area contributed by atoms with E-state index in [0.717, 1.165) is 0 Å². The normalized spacial score (nSPS) is 22.4. The highest BCUT2D eigenvalue weighted by Crippen LogP contribution is 2.48. The molecule has 1 aliphatic heterocycles. The van der Waals surface area contributed by atoms with Gasteiger partial charge >= 0.3 is 11.9 Å². The Labute approximate surface area is 193 Å². The average Bonchev–Trinajstić information content (AvgIpc) is 2.80. The lowest BCUT2D eigenvalue weighted by atomic mass is 9.69. The Bertz CT molecular complexity index is 1020. The predicted molar refractivity (Wildman–Crippen MR) is 121 cm³/mol. The van der Waals surface area contributed by atoms with Crippen molar-refractivity contribution in [2.45, 2.75) is 39.5 Å². The fourth-order valence-corrected chi connectivity index (χ4v) is 4.59. The summed E-state index contributed by atoms with van der Waals surface area (Å²) in [4.78, 5) is 39.4. The topological polar surface area (TPSA) is 100 Å². The van der Waals surface area contributed by atoms with Crippen molar-refractivity contribution in [3.8, 4) is 11.5 Å². The average molecular weight is 458 g/mol. The largest absolute Gasteiger partial charge is 0.497 e. The molecule has 1 aromatic carbocycles. The van der Waals surface area contributed by atoms with Crippen LogP contribution in [0.4, 0.5) is 0 Å². The molecule has 0 aromatic heterocycles. The first-order chi connectivity index (χ1) is 15.8. The number of ether oxygens (including phenoxy) is 4. The van der Waals surface area contributed by atoms with E-state index in [-0.39, 0.29) is 18.3 Å². The molecule has 3 atom stereocenters. The summed E-state index contributed by atoms with van der Waals surface area (Å²) in [6, 6.07) is 5.23. The van der Waals surface area contributed by atoms with Crippen molar-refractivity contribution in [1.82, 2.24) is 5.32 Å². The van der Waals surface area contributed by atoms with E-state index in [1.807, 2.05) is 13.8 Å². The third-order valence-corrected chi connectivity index (χ3v) is 6.15. The zero-order valence-corrected chi connectivity index (χ0v) is 19.9. The fourth-order valence-electron chi connectivity index (χ4n) is 4.59. The minimum Gasteiger partial charge on any atom is -0.497 e. The molecule has 1 aliphatic carbocycles. The van der Waals surface area contributed by atoms with Gasteiger partial charge in [0.2, 0.25) is 0 Å². The number of esters is 2. The third-order valence-electron chi connectivity index (χ3n) is 6.15. The number of hydrogen-bond acceptors (Lipinski definition) is 8. The van der Waals surface area contributed by atoms with Crippen molar-refractivity contribution in [3.05, 3.63) is 46.3 Å². The quantitative estimate of drug-likeness (QED) is 0.492. The Morgan fingerprint density at radius 1 is 1.15 bits per heavy atom. The molecule has 8 heteroatoms. The molecule has 33 heavy (non-hydrogen) atoms. The standard InChI is InChI=1S/C25H31NO7/c1-7-10-33-25(29)20-14(3)26-17-11-13(2)19(24(28)32-6)23(27)22(17)21(20)16-9-8-15(30-4)12-18(16)31-5/h8-9,12-13,19,21,26H,7,10-11H2,1-6H3/t13-,19+,21-/m0/s1. The Morgan fingerprint density at radius 2 is 1.88 bits per heavy atom. The van der Waals surface area contributed by atoms with E-state index in [9.17, 15) is 14.4 Å². The number of nitrogens with one attached hydrogen (secondary N) is 1. The molecule has 0 saturated heterocycles. The molecule has 1 heterocycles. The highest BCUT2D eigenvalue weighted by atomic mass is 16.5. The number of methoxy groups -OCH3 is 3. The summed E-state index contributed by atoms with van der Waals surface area (Å²) in [6.07, 6.45) is 1.13. The fraction of sp³-hybridized carbons (Fsp3) is 0.480. The zero-order valence-electron chi connectivity index (χ0n) is 19.9. The highest BCUT2D eigenvalue weighted by molar-refractivity contribution is 6.12. The molecule has 0 radical (unpaired) electrons. The van der Waals surface area contributed by atoms with Gasteiger partial charge in [-0.1, -0.05) is 19.9 Å². The summed E-state index contributed by atoms with van der Waals surface area (Å²) in [6.45, 7) is 5.80. The second kappa shape index (κ2) is 10.1. The molecule has 0 spiro atoms. The number of dihydropyridines is 1. The first kappa shape index (κ1) is 24.4. The molecule has 0 amide bonds. The molecule has 0 saturated carbocycles. The van der Waals surface area contributed by atoms with Crippen LogP contribution >= 0.6 is 0 Å². The maximum absolute atomic E-state index is 13.7. The molecule has 1 aromatic rings. The molecule has 178 valence electrons. The Hall–Kier alpha value is -3.29. The van der Waals surface area contributed by atoms with Gasteiger partial charge in [0, 0.05) is 28.6 Å². The van der Waals surface area contributed by atoms with E-state index in [1.54, 1.807) is 32.2 Å². The molecule has 0 unspecified atom stereocenters. The van der Waals surface area contributed by atoms with Gasteiger partial charge in [0.1, 0.15) is 17.4 Å². The number of carbonyl (C=O) groups excluding carboxylic acids is 3. The summed E-state index contributed by atoms with van der Waals surface area (Å²) >= 11 is 0. The lowest BCUT2D eigenvalue weighted by Gasteiger charge is -2.38. The van der Waals surface area contributed by atoms with Gasteiger partial charge in [0.25, 0.3) is 0 Å². The summed E-state index contributed by atoms with van der Waals surface area (Å²) in [7, 11) is 4.33. The molecule has 0 fully saturated rings. The molecule has 3 rings (SSSR count). The van der Waals surface area contributed by atoms with Crippen LogP contribution in [0.5, 0.6) is 11.5 Å². The van der Waals surface area contributed by atoms with E-state index in [2.05, 4.69) is 5.32 Å². The monoisotopic (exact) mass is 457 g/mol. The molecular weight excluding hydrogens is 426 g/mol. The minimum atomic E-state index is -0.950. The molecule has 0 bridgehead atoms. The summed E-state index contributed by atoms with van der Waals surface area (Å²) < 4.78 is 21.3. The molecular formula is C25H31NO7. The smallest absolute Gasteiger partial charge is 0.336 e. The predicted octanol–water partition coefficient (Wildman–Crippen LogP) is 3.27. The van der Waals surface area contributed by atoms with Crippen LogP contribution in [0.3, 0.4) is 0 Å².